The second-order valence-electron chi connectivity index (χ2n) is 8.10. The molecular formula is C28H22N4O3S. The summed E-state index contributed by atoms with van der Waals surface area (Å²) in [4.78, 5) is 18.2. The SMILES string of the molecule is Cc1nc(-n2nc(-c3ccccc3)cc2-c2ccccc2)sc1C(=O)/C=C\c1cccc([NH+]([O-])O)c1. The third-order valence-corrected chi connectivity index (χ3v) is 6.75. The Morgan fingerprint density at radius 3 is 2.36 bits per heavy atom. The van der Waals surface area contributed by atoms with Gasteiger partial charge in [0.15, 0.2) is 11.5 Å². The van der Waals surface area contributed by atoms with Gasteiger partial charge in [-0.25, -0.2) is 14.9 Å². The first kappa shape index (κ1) is 23.5. The summed E-state index contributed by atoms with van der Waals surface area (Å²) in [5, 5.41) is 24.8. The van der Waals surface area contributed by atoms with Gasteiger partial charge in [-0.3, -0.25) is 4.79 Å². The quantitative estimate of drug-likeness (QED) is 0.183. The minimum absolute atomic E-state index is 0.169. The Labute approximate surface area is 211 Å². The van der Waals surface area contributed by atoms with Crippen LogP contribution in [0.1, 0.15) is 20.9 Å². The highest BCUT2D eigenvalue weighted by molar-refractivity contribution is 7.16. The average molecular weight is 495 g/mol. The van der Waals surface area contributed by atoms with E-state index >= 15 is 0 Å². The molecule has 0 fully saturated rings. The van der Waals surface area contributed by atoms with E-state index in [1.807, 2.05) is 66.7 Å². The Balaban J connectivity index is 1.50. The summed E-state index contributed by atoms with van der Waals surface area (Å²) in [5.74, 6) is -0.200. The minimum Gasteiger partial charge on any atom is -0.595 e. The van der Waals surface area contributed by atoms with Crippen LogP contribution in [-0.2, 0) is 0 Å². The number of carbonyl (C=O) groups is 1. The van der Waals surface area contributed by atoms with Gasteiger partial charge in [0, 0.05) is 23.3 Å². The molecule has 1 unspecified atom stereocenters. The summed E-state index contributed by atoms with van der Waals surface area (Å²) in [6.07, 6.45) is 3.06. The molecule has 2 heterocycles. The maximum Gasteiger partial charge on any atom is 0.211 e. The second-order valence-corrected chi connectivity index (χ2v) is 9.08. The van der Waals surface area contributed by atoms with E-state index in [0.717, 1.165) is 22.5 Å². The van der Waals surface area contributed by atoms with Gasteiger partial charge in [0.1, 0.15) is 0 Å². The summed E-state index contributed by atoms with van der Waals surface area (Å²) in [6, 6.07) is 28.3. The first-order chi connectivity index (χ1) is 17.5. The molecule has 0 saturated carbocycles. The van der Waals surface area contributed by atoms with Crippen LogP contribution in [0.3, 0.4) is 0 Å². The first-order valence-electron chi connectivity index (χ1n) is 11.2. The maximum atomic E-state index is 13.0. The predicted molar refractivity (Wildman–Crippen MR) is 140 cm³/mol. The monoisotopic (exact) mass is 494 g/mol. The number of nitrogens with zero attached hydrogens (tertiary/aromatic N) is 3. The van der Waals surface area contributed by atoms with Crippen LogP contribution in [0.5, 0.6) is 0 Å². The number of thiazole rings is 1. The van der Waals surface area contributed by atoms with Crippen LogP contribution in [0.2, 0.25) is 0 Å². The molecule has 0 bridgehead atoms. The molecular weight excluding hydrogens is 472 g/mol. The molecule has 5 rings (SSSR count). The van der Waals surface area contributed by atoms with Gasteiger partial charge in [-0.1, -0.05) is 90.2 Å². The van der Waals surface area contributed by atoms with Gasteiger partial charge >= 0.3 is 0 Å². The van der Waals surface area contributed by atoms with Crippen LogP contribution in [-0.4, -0.2) is 25.8 Å². The molecule has 178 valence electrons. The van der Waals surface area contributed by atoms with E-state index in [-0.39, 0.29) is 11.5 Å². The van der Waals surface area contributed by atoms with Crippen molar-refractivity contribution >= 4 is 28.9 Å². The standard InChI is InChI=1S/C28H22N4O3S/c1-19-27(26(33)16-15-20-9-8-14-23(17-20)32(34)35)36-28(29-19)31-25(22-12-6-3-7-13-22)18-24(30-31)21-10-4-2-5-11-21/h2-18,32,34H,1H3/b16-15-. The highest BCUT2D eigenvalue weighted by Gasteiger charge is 2.19. The third kappa shape index (κ3) is 4.93. The Morgan fingerprint density at radius 2 is 1.67 bits per heavy atom. The average Bonchev–Trinajstić information content (AvgIpc) is 3.52. The van der Waals surface area contributed by atoms with Crippen LogP contribution >= 0.6 is 11.3 Å². The van der Waals surface area contributed by atoms with Crippen molar-refractivity contribution in [3.8, 4) is 27.6 Å². The number of carbonyl (C=O) groups excluding carboxylic acids is 1. The van der Waals surface area contributed by atoms with Crippen LogP contribution in [0.15, 0.2) is 97.1 Å². The summed E-state index contributed by atoms with van der Waals surface area (Å²) < 4.78 is 1.78. The summed E-state index contributed by atoms with van der Waals surface area (Å²) in [7, 11) is 0. The van der Waals surface area contributed by atoms with E-state index < -0.39 is 5.23 Å². The van der Waals surface area contributed by atoms with E-state index in [1.54, 1.807) is 29.8 Å². The lowest BCUT2D eigenvalue weighted by Crippen LogP contribution is -2.99. The van der Waals surface area contributed by atoms with Crippen molar-refractivity contribution in [2.75, 3.05) is 0 Å². The largest absolute Gasteiger partial charge is 0.595 e. The van der Waals surface area contributed by atoms with Crippen molar-refractivity contribution in [2.45, 2.75) is 6.92 Å². The number of benzene rings is 3. The first-order valence-corrected chi connectivity index (χ1v) is 12.1. The lowest BCUT2D eigenvalue weighted by atomic mass is 10.1. The smallest absolute Gasteiger partial charge is 0.211 e. The zero-order valence-electron chi connectivity index (χ0n) is 19.3. The minimum atomic E-state index is -1.01. The number of aromatic nitrogens is 3. The fourth-order valence-electron chi connectivity index (χ4n) is 3.82. The molecule has 0 aliphatic heterocycles. The number of rotatable bonds is 7. The molecule has 0 aliphatic rings. The van der Waals surface area contributed by atoms with Gasteiger partial charge in [-0.05, 0) is 24.6 Å². The molecule has 3 aromatic carbocycles. The fraction of sp³-hybridized carbons (Fsp3) is 0.0357. The summed E-state index contributed by atoms with van der Waals surface area (Å²) >= 11 is 1.28. The zero-order valence-corrected chi connectivity index (χ0v) is 20.1. The molecule has 36 heavy (non-hydrogen) atoms. The fourth-order valence-corrected chi connectivity index (χ4v) is 4.77. The molecule has 2 N–H and O–H groups in total. The van der Waals surface area contributed by atoms with Crippen molar-refractivity contribution in [1.82, 2.24) is 14.8 Å². The topological polar surface area (TPSA) is 95.5 Å². The van der Waals surface area contributed by atoms with Crippen molar-refractivity contribution in [3.63, 3.8) is 0 Å². The molecule has 0 spiro atoms. The van der Waals surface area contributed by atoms with Crippen LogP contribution in [0.25, 0.3) is 33.7 Å². The Hall–Kier alpha value is -4.21. The Morgan fingerprint density at radius 1 is 0.972 bits per heavy atom. The molecule has 0 amide bonds. The summed E-state index contributed by atoms with van der Waals surface area (Å²) in [5.41, 5.74) is 5.09. The van der Waals surface area contributed by atoms with Crippen molar-refractivity contribution in [2.24, 2.45) is 0 Å². The molecule has 8 heteroatoms. The number of quaternary nitrogens is 1. The molecule has 2 aromatic heterocycles. The lowest BCUT2D eigenvalue weighted by Gasteiger charge is -2.11. The van der Waals surface area contributed by atoms with Crippen LogP contribution in [0.4, 0.5) is 5.69 Å². The van der Waals surface area contributed by atoms with Crippen molar-refractivity contribution < 1.29 is 15.2 Å². The van der Waals surface area contributed by atoms with Gasteiger partial charge in [0.05, 0.1) is 22.0 Å². The van der Waals surface area contributed by atoms with Gasteiger partial charge in [-0.15, -0.1) is 0 Å². The Bertz CT molecular complexity index is 1540. The van der Waals surface area contributed by atoms with E-state index in [1.165, 1.54) is 29.5 Å². The van der Waals surface area contributed by atoms with Gasteiger partial charge < -0.3 is 5.21 Å². The van der Waals surface area contributed by atoms with Crippen LogP contribution in [0, 0.1) is 12.1 Å². The van der Waals surface area contributed by atoms with E-state index in [2.05, 4.69) is 4.98 Å². The molecule has 7 nitrogen and oxygen atoms in total. The highest BCUT2D eigenvalue weighted by Crippen LogP contribution is 2.31. The molecule has 0 aliphatic carbocycles. The number of aryl methyl sites for hydroxylation is 1. The Kier molecular flexibility index (Phi) is 6.66. The van der Waals surface area contributed by atoms with E-state index in [4.69, 9.17) is 5.10 Å². The third-order valence-electron chi connectivity index (χ3n) is 5.60. The number of ketones is 1. The summed E-state index contributed by atoms with van der Waals surface area (Å²) in [6.45, 7) is 1.80. The van der Waals surface area contributed by atoms with Gasteiger partial charge in [0.25, 0.3) is 0 Å². The van der Waals surface area contributed by atoms with Crippen molar-refractivity contribution in [3.05, 3.63) is 118 Å². The number of allylic oxidation sites excluding steroid dienone is 1. The zero-order chi connectivity index (χ0) is 25.1. The van der Waals surface area contributed by atoms with Gasteiger partial charge in [0.2, 0.25) is 5.13 Å². The molecule has 0 radical (unpaired) electrons. The normalized spacial score (nSPS) is 12.2. The second kappa shape index (κ2) is 10.2. The van der Waals surface area contributed by atoms with Crippen LogP contribution < -0.4 is 5.23 Å². The number of hydrogen-bond acceptors (Lipinski definition) is 6. The van der Waals surface area contributed by atoms with Crippen molar-refractivity contribution in [1.29, 1.82) is 0 Å². The molecule has 1 atom stereocenters. The molecule has 0 saturated heterocycles. The lowest BCUT2D eigenvalue weighted by molar-refractivity contribution is -0.991. The predicted octanol–water partition coefficient (Wildman–Crippen LogP) is 5.27. The van der Waals surface area contributed by atoms with E-state index in [0.29, 0.717) is 21.3 Å². The maximum absolute atomic E-state index is 13.0. The van der Waals surface area contributed by atoms with Gasteiger partial charge in [-0.2, -0.15) is 10.3 Å². The highest BCUT2D eigenvalue weighted by atomic mass is 32.1. The van der Waals surface area contributed by atoms with E-state index in [9.17, 15) is 15.2 Å². The number of nitrogens with one attached hydrogen (secondary N) is 1. The number of hydrogen-bond donors (Lipinski definition) is 2. The molecule has 5 aromatic rings.